The fourth-order valence-electron chi connectivity index (χ4n) is 1.89. The number of hydrogen-bond acceptors (Lipinski definition) is 4. The zero-order chi connectivity index (χ0) is 14.0. The summed E-state index contributed by atoms with van der Waals surface area (Å²) in [6.07, 6.45) is 0.624. The third kappa shape index (κ3) is 2.51. The molecule has 5 heteroatoms. The Balaban J connectivity index is 2.60. The smallest absolute Gasteiger partial charge is 0.338 e. The lowest BCUT2D eigenvalue weighted by Gasteiger charge is -2.07. The summed E-state index contributed by atoms with van der Waals surface area (Å²) in [5.41, 5.74) is 0.924. The molecule has 0 amide bonds. The Kier molecular flexibility index (Phi) is 3.66. The topological polar surface area (TPSA) is 79.4 Å². The van der Waals surface area contributed by atoms with E-state index in [1.165, 1.54) is 19.2 Å². The first-order chi connectivity index (χ1) is 9.04. The molecule has 0 aliphatic carbocycles. The first-order valence-electron chi connectivity index (χ1n) is 6.05. The van der Waals surface area contributed by atoms with Crippen molar-refractivity contribution in [2.45, 2.75) is 20.0 Å². The number of fused-ring (bicyclic) bond motifs is 1. The molecule has 0 saturated heterocycles. The number of H-pyrrole nitrogens is 1. The Morgan fingerprint density at radius 1 is 1.47 bits per heavy atom. The summed E-state index contributed by atoms with van der Waals surface area (Å²) < 4.78 is 4.89. The van der Waals surface area contributed by atoms with Crippen molar-refractivity contribution in [2.24, 2.45) is 0 Å². The first-order valence-corrected chi connectivity index (χ1v) is 6.05. The summed E-state index contributed by atoms with van der Waals surface area (Å²) >= 11 is 0. The predicted molar refractivity (Wildman–Crippen MR) is 71.2 cm³/mol. The second kappa shape index (κ2) is 5.24. The number of aromatic amines is 1. The minimum atomic E-state index is -0.862. The molecule has 100 valence electrons. The predicted octanol–water partition coefficient (Wildman–Crippen LogP) is 1.76. The maximum atomic E-state index is 12.2. The molecule has 19 heavy (non-hydrogen) atoms. The van der Waals surface area contributed by atoms with Gasteiger partial charge in [0.2, 0.25) is 0 Å². The molecule has 0 bridgehead atoms. The number of esters is 1. The van der Waals surface area contributed by atoms with Crippen LogP contribution in [-0.4, -0.2) is 22.7 Å². The van der Waals surface area contributed by atoms with E-state index in [1.54, 1.807) is 19.1 Å². The molecule has 1 atom stereocenters. The van der Waals surface area contributed by atoms with Crippen LogP contribution in [0.2, 0.25) is 0 Å². The highest BCUT2D eigenvalue weighted by atomic mass is 16.5. The van der Waals surface area contributed by atoms with Gasteiger partial charge in [-0.2, -0.15) is 0 Å². The van der Waals surface area contributed by atoms with Crippen molar-refractivity contribution in [1.29, 1.82) is 0 Å². The van der Waals surface area contributed by atoms with Crippen LogP contribution < -0.4 is 5.43 Å². The van der Waals surface area contributed by atoms with Crippen LogP contribution in [0.15, 0.2) is 29.2 Å². The molecule has 1 aromatic carbocycles. The minimum Gasteiger partial charge on any atom is -0.462 e. The fraction of sp³-hybridized carbons (Fsp3) is 0.286. The van der Waals surface area contributed by atoms with Crippen LogP contribution in [-0.2, 0) is 4.74 Å². The zero-order valence-corrected chi connectivity index (χ0v) is 10.8. The Labute approximate surface area is 109 Å². The van der Waals surface area contributed by atoms with E-state index in [0.29, 0.717) is 16.5 Å². The van der Waals surface area contributed by atoms with Crippen LogP contribution in [0.4, 0.5) is 0 Å². The number of pyridine rings is 1. The monoisotopic (exact) mass is 261 g/mol. The van der Waals surface area contributed by atoms with Crippen LogP contribution in [0.25, 0.3) is 10.9 Å². The van der Waals surface area contributed by atoms with Gasteiger partial charge in [-0.3, -0.25) is 4.79 Å². The van der Waals surface area contributed by atoms with E-state index >= 15 is 0 Å². The number of carbonyl (C=O) groups is 1. The van der Waals surface area contributed by atoms with Gasteiger partial charge in [0.1, 0.15) is 0 Å². The highest BCUT2D eigenvalue weighted by Crippen LogP contribution is 2.15. The number of rotatable bonds is 3. The van der Waals surface area contributed by atoms with Crippen molar-refractivity contribution >= 4 is 16.9 Å². The number of benzene rings is 1. The molecule has 2 N–H and O–H groups in total. The highest BCUT2D eigenvalue weighted by molar-refractivity contribution is 5.94. The molecule has 0 aliphatic heterocycles. The van der Waals surface area contributed by atoms with Gasteiger partial charge in [-0.05, 0) is 32.0 Å². The van der Waals surface area contributed by atoms with Crippen LogP contribution in [0, 0.1) is 0 Å². The van der Waals surface area contributed by atoms with E-state index in [0.717, 1.165) is 0 Å². The summed E-state index contributed by atoms with van der Waals surface area (Å²) in [6, 6.07) is 4.73. The lowest BCUT2D eigenvalue weighted by Crippen LogP contribution is -2.13. The molecule has 0 aliphatic rings. The normalized spacial score (nSPS) is 12.4. The molecule has 5 nitrogen and oxygen atoms in total. The SMILES string of the molecule is CCOC(=O)c1ccc2[nH]cc(C(C)O)c(=O)c2c1. The maximum absolute atomic E-state index is 12.2. The molecular weight excluding hydrogens is 246 g/mol. The van der Waals surface area contributed by atoms with Crippen molar-refractivity contribution in [3.8, 4) is 0 Å². The Morgan fingerprint density at radius 2 is 2.21 bits per heavy atom. The molecule has 0 radical (unpaired) electrons. The lowest BCUT2D eigenvalue weighted by molar-refractivity contribution is 0.0526. The van der Waals surface area contributed by atoms with E-state index in [4.69, 9.17) is 4.74 Å². The second-order valence-electron chi connectivity index (χ2n) is 4.23. The van der Waals surface area contributed by atoms with E-state index < -0.39 is 12.1 Å². The number of aromatic nitrogens is 1. The van der Waals surface area contributed by atoms with Gasteiger partial charge in [-0.1, -0.05) is 0 Å². The van der Waals surface area contributed by atoms with E-state index in [-0.39, 0.29) is 17.6 Å². The van der Waals surface area contributed by atoms with Gasteiger partial charge in [-0.15, -0.1) is 0 Å². The number of hydrogen-bond donors (Lipinski definition) is 2. The minimum absolute atomic E-state index is 0.272. The van der Waals surface area contributed by atoms with Crippen molar-refractivity contribution in [1.82, 2.24) is 4.98 Å². The molecule has 1 heterocycles. The number of nitrogens with one attached hydrogen (secondary N) is 1. The highest BCUT2D eigenvalue weighted by Gasteiger charge is 2.12. The van der Waals surface area contributed by atoms with Crippen molar-refractivity contribution in [3.05, 3.63) is 45.7 Å². The maximum Gasteiger partial charge on any atom is 0.338 e. The molecule has 1 unspecified atom stereocenters. The summed E-state index contributed by atoms with van der Waals surface area (Å²) in [4.78, 5) is 26.7. The molecule has 0 saturated carbocycles. The Hall–Kier alpha value is -2.14. The number of carbonyl (C=O) groups excluding carboxylic acids is 1. The summed E-state index contributed by atoms with van der Waals surface area (Å²) in [5.74, 6) is -0.466. The summed E-state index contributed by atoms with van der Waals surface area (Å²) in [5, 5.41) is 9.88. The summed E-state index contributed by atoms with van der Waals surface area (Å²) in [7, 11) is 0. The second-order valence-corrected chi connectivity index (χ2v) is 4.23. The Bertz CT molecular complexity index is 673. The fourth-order valence-corrected chi connectivity index (χ4v) is 1.89. The molecular formula is C14H15NO4. The van der Waals surface area contributed by atoms with E-state index in [9.17, 15) is 14.7 Å². The van der Waals surface area contributed by atoms with Crippen molar-refractivity contribution in [3.63, 3.8) is 0 Å². The van der Waals surface area contributed by atoms with Gasteiger partial charge in [0.05, 0.1) is 18.3 Å². The van der Waals surface area contributed by atoms with Crippen LogP contribution in [0.5, 0.6) is 0 Å². The van der Waals surface area contributed by atoms with Crippen molar-refractivity contribution in [2.75, 3.05) is 6.61 Å². The van der Waals surface area contributed by atoms with Gasteiger partial charge in [0, 0.05) is 22.7 Å². The third-order valence-electron chi connectivity index (χ3n) is 2.87. The molecule has 0 spiro atoms. The van der Waals surface area contributed by atoms with E-state index in [1.807, 2.05) is 0 Å². The Morgan fingerprint density at radius 3 is 2.84 bits per heavy atom. The average Bonchev–Trinajstić information content (AvgIpc) is 2.38. The first kappa shape index (κ1) is 13.3. The quantitative estimate of drug-likeness (QED) is 0.825. The van der Waals surface area contributed by atoms with Gasteiger partial charge in [0.15, 0.2) is 5.43 Å². The number of ether oxygens (including phenoxy) is 1. The largest absolute Gasteiger partial charge is 0.462 e. The number of aliphatic hydroxyl groups excluding tert-OH is 1. The number of aliphatic hydroxyl groups is 1. The molecule has 1 aromatic heterocycles. The zero-order valence-electron chi connectivity index (χ0n) is 10.8. The summed E-state index contributed by atoms with van der Waals surface area (Å²) in [6.45, 7) is 3.52. The van der Waals surface area contributed by atoms with Gasteiger partial charge >= 0.3 is 5.97 Å². The van der Waals surface area contributed by atoms with Gasteiger partial charge in [-0.25, -0.2) is 4.79 Å². The molecule has 2 rings (SSSR count). The van der Waals surface area contributed by atoms with Gasteiger partial charge in [0.25, 0.3) is 0 Å². The van der Waals surface area contributed by atoms with E-state index in [2.05, 4.69) is 4.98 Å². The third-order valence-corrected chi connectivity index (χ3v) is 2.87. The standard InChI is InChI=1S/C14H15NO4/c1-3-19-14(18)9-4-5-12-10(6-9)13(17)11(7-15-12)8(2)16/h4-8,16H,3H2,1-2H3,(H,15,17). The van der Waals surface area contributed by atoms with Crippen LogP contribution in [0.3, 0.4) is 0 Å². The van der Waals surface area contributed by atoms with Gasteiger partial charge < -0.3 is 14.8 Å². The average molecular weight is 261 g/mol. The molecule has 0 fully saturated rings. The van der Waals surface area contributed by atoms with Crippen molar-refractivity contribution < 1.29 is 14.6 Å². The van der Waals surface area contributed by atoms with Crippen LogP contribution in [0.1, 0.15) is 35.9 Å². The lowest BCUT2D eigenvalue weighted by atomic mass is 10.1. The molecule has 2 aromatic rings. The van der Waals surface area contributed by atoms with Crippen LogP contribution >= 0.6 is 0 Å².